The van der Waals surface area contributed by atoms with Gasteiger partial charge in [0.05, 0.1) is 12.3 Å². The second kappa shape index (κ2) is 8.19. The van der Waals surface area contributed by atoms with Crippen LogP contribution in [0, 0.1) is 0 Å². The zero-order valence-corrected chi connectivity index (χ0v) is 14.1. The topological polar surface area (TPSA) is 52.6 Å². The molecule has 0 unspecified atom stereocenters. The van der Waals surface area contributed by atoms with Gasteiger partial charge in [0.15, 0.2) is 0 Å². The first-order chi connectivity index (χ1) is 10.3. The van der Waals surface area contributed by atoms with Crippen LogP contribution in [0.3, 0.4) is 0 Å². The number of aromatic nitrogens is 1. The van der Waals surface area contributed by atoms with Gasteiger partial charge in [-0.3, -0.25) is 0 Å². The normalized spacial score (nSPS) is 18.0. The number of nitrogens with zero attached hydrogens (tertiary/aromatic N) is 1. The Kier molecular flexibility index (Phi) is 6.57. The number of rotatable bonds is 8. The summed E-state index contributed by atoms with van der Waals surface area (Å²) in [5.41, 5.74) is 0.758. The van der Waals surface area contributed by atoms with E-state index in [0.717, 1.165) is 49.8 Å². The average Bonchev–Trinajstić information content (AvgIpc) is 2.90. The van der Waals surface area contributed by atoms with Gasteiger partial charge < -0.3 is 19.5 Å². The summed E-state index contributed by atoms with van der Waals surface area (Å²) in [6.07, 6.45) is 1.75. The van der Waals surface area contributed by atoms with Crippen molar-refractivity contribution in [1.82, 2.24) is 10.3 Å². The van der Waals surface area contributed by atoms with E-state index in [0.29, 0.717) is 13.2 Å². The molecular formula is C15H26N2O3S. The smallest absolute Gasteiger partial charge is 0.125 e. The van der Waals surface area contributed by atoms with E-state index in [9.17, 15) is 0 Å². The molecule has 1 aromatic heterocycles. The number of nitrogens with one attached hydrogen (secondary N) is 1. The van der Waals surface area contributed by atoms with E-state index >= 15 is 0 Å². The fourth-order valence-corrected chi connectivity index (χ4v) is 3.84. The van der Waals surface area contributed by atoms with Gasteiger partial charge in [0.2, 0.25) is 0 Å². The first kappa shape index (κ1) is 16.8. The van der Waals surface area contributed by atoms with E-state index in [2.05, 4.69) is 12.2 Å². The fraction of sp³-hybridized carbons (Fsp3) is 0.800. The third kappa shape index (κ3) is 4.02. The van der Waals surface area contributed by atoms with E-state index in [1.165, 1.54) is 4.88 Å². The van der Waals surface area contributed by atoms with Crippen molar-refractivity contribution in [3.63, 3.8) is 0 Å². The van der Waals surface area contributed by atoms with Crippen molar-refractivity contribution in [1.29, 1.82) is 0 Å². The highest BCUT2D eigenvalue weighted by atomic mass is 32.1. The first-order valence-corrected chi connectivity index (χ1v) is 8.47. The molecule has 0 radical (unpaired) electrons. The zero-order chi connectivity index (χ0) is 15.1. The minimum Gasteiger partial charge on any atom is -0.381 e. The minimum absolute atomic E-state index is 0.273. The SMILES string of the molecule is CCNCc1sc(C2(OCC)CCOCC2)nc1COC. The lowest BCUT2D eigenvalue weighted by Crippen LogP contribution is -2.36. The monoisotopic (exact) mass is 314 g/mol. The van der Waals surface area contributed by atoms with Gasteiger partial charge in [-0.1, -0.05) is 6.92 Å². The summed E-state index contributed by atoms with van der Waals surface area (Å²) in [4.78, 5) is 6.09. The molecule has 0 amide bonds. The maximum atomic E-state index is 6.11. The summed E-state index contributed by atoms with van der Waals surface area (Å²) >= 11 is 1.75. The standard InChI is InChI=1S/C15H26N2O3S/c1-4-16-10-13-12(11-18-3)17-14(21-13)15(20-5-2)6-8-19-9-7-15/h16H,4-11H2,1-3H3. The molecule has 21 heavy (non-hydrogen) atoms. The van der Waals surface area contributed by atoms with Crippen LogP contribution in [0.15, 0.2) is 0 Å². The molecular weight excluding hydrogens is 288 g/mol. The fourth-order valence-electron chi connectivity index (χ4n) is 2.60. The van der Waals surface area contributed by atoms with Crippen molar-refractivity contribution in [2.75, 3.05) is 33.5 Å². The summed E-state index contributed by atoms with van der Waals surface area (Å²) in [6.45, 7) is 8.66. The molecule has 1 aliphatic rings. The van der Waals surface area contributed by atoms with Gasteiger partial charge in [0, 0.05) is 51.2 Å². The molecule has 120 valence electrons. The van der Waals surface area contributed by atoms with Gasteiger partial charge in [-0.2, -0.15) is 0 Å². The lowest BCUT2D eigenvalue weighted by Gasteiger charge is -2.35. The molecule has 1 aromatic rings. The maximum absolute atomic E-state index is 6.11. The van der Waals surface area contributed by atoms with Crippen molar-refractivity contribution in [2.45, 2.75) is 45.4 Å². The molecule has 2 rings (SSSR count). The zero-order valence-electron chi connectivity index (χ0n) is 13.2. The quantitative estimate of drug-likeness (QED) is 0.799. The van der Waals surface area contributed by atoms with Crippen molar-refractivity contribution in [3.05, 3.63) is 15.6 Å². The predicted molar refractivity (Wildman–Crippen MR) is 83.6 cm³/mol. The van der Waals surface area contributed by atoms with Gasteiger partial charge in [0.1, 0.15) is 10.6 Å². The molecule has 6 heteroatoms. The number of hydrogen-bond donors (Lipinski definition) is 1. The Morgan fingerprint density at radius 2 is 2.10 bits per heavy atom. The maximum Gasteiger partial charge on any atom is 0.125 e. The van der Waals surface area contributed by atoms with Crippen LogP contribution in [0.4, 0.5) is 0 Å². The molecule has 0 bridgehead atoms. The van der Waals surface area contributed by atoms with Gasteiger partial charge in [0.25, 0.3) is 0 Å². The Morgan fingerprint density at radius 3 is 2.71 bits per heavy atom. The van der Waals surface area contributed by atoms with Gasteiger partial charge >= 0.3 is 0 Å². The van der Waals surface area contributed by atoms with Crippen LogP contribution < -0.4 is 5.32 Å². The summed E-state index contributed by atoms with van der Waals surface area (Å²) < 4.78 is 16.9. The summed E-state index contributed by atoms with van der Waals surface area (Å²) in [7, 11) is 1.71. The Labute approximate surface area is 131 Å². The van der Waals surface area contributed by atoms with Gasteiger partial charge in [-0.25, -0.2) is 4.98 Å². The summed E-state index contributed by atoms with van der Waals surface area (Å²) in [5.74, 6) is 0. The van der Waals surface area contributed by atoms with Crippen molar-refractivity contribution in [3.8, 4) is 0 Å². The van der Waals surface area contributed by atoms with Crippen LogP contribution in [-0.2, 0) is 33.0 Å². The molecule has 0 spiro atoms. The van der Waals surface area contributed by atoms with Crippen molar-refractivity contribution >= 4 is 11.3 Å². The van der Waals surface area contributed by atoms with Crippen LogP contribution in [0.1, 0.15) is 42.3 Å². The second-order valence-electron chi connectivity index (χ2n) is 5.14. The molecule has 0 aromatic carbocycles. The largest absolute Gasteiger partial charge is 0.381 e. The van der Waals surface area contributed by atoms with Crippen LogP contribution >= 0.6 is 11.3 Å². The van der Waals surface area contributed by atoms with E-state index < -0.39 is 0 Å². The van der Waals surface area contributed by atoms with Crippen LogP contribution in [0.2, 0.25) is 0 Å². The molecule has 1 N–H and O–H groups in total. The number of hydrogen-bond acceptors (Lipinski definition) is 6. The second-order valence-corrected chi connectivity index (χ2v) is 6.23. The molecule has 1 fully saturated rings. The van der Waals surface area contributed by atoms with Crippen LogP contribution in [0.25, 0.3) is 0 Å². The van der Waals surface area contributed by atoms with Crippen LogP contribution in [0.5, 0.6) is 0 Å². The first-order valence-electron chi connectivity index (χ1n) is 7.66. The van der Waals surface area contributed by atoms with Crippen molar-refractivity contribution < 1.29 is 14.2 Å². The highest BCUT2D eigenvalue weighted by molar-refractivity contribution is 7.11. The Bertz CT molecular complexity index is 425. The lowest BCUT2D eigenvalue weighted by molar-refractivity contribution is -0.113. The molecule has 1 saturated heterocycles. The molecule has 1 aliphatic heterocycles. The summed E-state index contributed by atoms with van der Waals surface area (Å²) in [6, 6.07) is 0. The van der Waals surface area contributed by atoms with E-state index in [4.69, 9.17) is 19.2 Å². The third-order valence-corrected chi connectivity index (χ3v) is 4.99. The highest BCUT2D eigenvalue weighted by Gasteiger charge is 2.38. The molecule has 5 nitrogen and oxygen atoms in total. The summed E-state index contributed by atoms with van der Waals surface area (Å²) in [5, 5.41) is 4.45. The third-order valence-electron chi connectivity index (χ3n) is 3.71. The van der Waals surface area contributed by atoms with E-state index in [1.807, 2.05) is 6.92 Å². The molecule has 0 saturated carbocycles. The predicted octanol–water partition coefficient (Wildman–Crippen LogP) is 2.44. The van der Waals surface area contributed by atoms with E-state index in [-0.39, 0.29) is 5.60 Å². The molecule has 0 atom stereocenters. The Hall–Kier alpha value is -0.530. The Morgan fingerprint density at radius 1 is 1.33 bits per heavy atom. The lowest BCUT2D eigenvalue weighted by atomic mass is 9.95. The van der Waals surface area contributed by atoms with E-state index in [1.54, 1.807) is 18.4 Å². The average molecular weight is 314 g/mol. The number of ether oxygens (including phenoxy) is 3. The Balaban J connectivity index is 2.26. The van der Waals surface area contributed by atoms with Crippen molar-refractivity contribution in [2.24, 2.45) is 0 Å². The highest BCUT2D eigenvalue weighted by Crippen LogP contribution is 2.39. The molecule has 0 aliphatic carbocycles. The molecule has 2 heterocycles. The number of methoxy groups -OCH3 is 1. The van der Waals surface area contributed by atoms with Crippen LogP contribution in [-0.4, -0.2) is 38.5 Å². The number of thiazole rings is 1. The van der Waals surface area contributed by atoms with Gasteiger partial charge in [-0.15, -0.1) is 11.3 Å². The minimum atomic E-state index is -0.273. The van der Waals surface area contributed by atoms with Gasteiger partial charge in [-0.05, 0) is 13.5 Å².